The van der Waals surface area contributed by atoms with E-state index in [1.807, 2.05) is 0 Å². The number of fused-ring (bicyclic) bond motifs is 1. The van der Waals surface area contributed by atoms with E-state index in [-0.39, 0.29) is 17.4 Å². The Balaban J connectivity index is 1.63. The Kier molecular flexibility index (Phi) is 3.26. The second kappa shape index (κ2) is 5.19. The minimum Gasteiger partial charge on any atom is -0.408 e. The van der Waals surface area contributed by atoms with Crippen LogP contribution in [0, 0.1) is 10.1 Å². The Bertz CT molecular complexity index is 815. The molecule has 1 aliphatic heterocycles. The van der Waals surface area contributed by atoms with Crippen molar-refractivity contribution >= 4 is 16.8 Å². The number of nitro groups is 1. The third kappa shape index (κ3) is 2.45. The molecule has 23 heavy (non-hydrogen) atoms. The van der Waals surface area contributed by atoms with Crippen molar-refractivity contribution in [1.82, 2.24) is 4.57 Å². The first-order valence-electron chi connectivity index (χ1n) is 8.02. The fourth-order valence-electron chi connectivity index (χ4n) is 3.95. The van der Waals surface area contributed by atoms with Gasteiger partial charge in [-0.15, -0.1) is 0 Å². The van der Waals surface area contributed by atoms with E-state index in [0.29, 0.717) is 17.6 Å². The molecule has 0 amide bonds. The highest BCUT2D eigenvalue weighted by molar-refractivity contribution is 5.75. The lowest BCUT2D eigenvalue weighted by Crippen LogP contribution is -2.28. The van der Waals surface area contributed by atoms with Gasteiger partial charge in [0, 0.05) is 12.1 Å². The lowest BCUT2D eigenvalue weighted by atomic mass is 9.98. The Morgan fingerprint density at radius 2 is 2.09 bits per heavy atom. The van der Waals surface area contributed by atoms with Crippen LogP contribution in [0.5, 0.6) is 0 Å². The minimum atomic E-state index is -0.489. The number of aromatic nitrogens is 1. The Labute approximate surface area is 132 Å². The number of nitrogens with zero attached hydrogens (tertiary/aromatic N) is 2. The molecule has 7 nitrogen and oxygen atoms in total. The van der Waals surface area contributed by atoms with Crippen LogP contribution in [0.25, 0.3) is 11.1 Å². The summed E-state index contributed by atoms with van der Waals surface area (Å²) in [6.45, 7) is 0.384. The molecule has 0 radical (unpaired) electrons. The molecule has 1 atom stereocenters. The van der Waals surface area contributed by atoms with Gasteiger partial charge in [0.05, 0.1) is 28.7 Å². The van der Waals surface area contributed by atoms with Gasteiger partial charge in [0.2, 0.25) is 0 Å². The fourth-order valence-corrected chi connectivity index (χ4v) is 3.95. The summed E-state index contributed by atoms with van der Waals surface area (Å²) in [6, 6.07) is 4.20. The highest BCUT2D eigenvalue weighted by Gasteiger charge is 2.42. The first kappa shape index (κ1) is 14.4. The summed E-state index contributed by atoms with van der Waals surface area (Å²) in [5.41, 5.74) is 0.779. The predicted molar refractivity (Wildman–Crippen MR) is 82.4 cm³/mol. The molecule has 2 heterocycles. The maximum atomic E-state index is 12.1. The minimum absolute atomic E-state index is 0.000188. The number of hydrogen-bond donors (Lipinski definition) is 0. The second-order valence-electron chi connectivity index (χ2n) is 6.56. The molecule has 0 N–H and O–H groups in total. The summed E-state index contributed by atoms with van der Waals surface area (Å²) in [7, 11) is 0. The van der Waals surface area contributed by atoms with Crippen molar-refractivity contribution in [2.75, 3.05) is 0 Å². The van der Waals surface area contributed by atoms with Crippen LogP contribution in [0.4, 0.5) is 5.69 Å². The molecule has 1 saturated carbocycles. The van der Waals surface area contributed by atoms with Crippen LogP contribution >= 0.6 is 0 Å². The average Bonchev–Trinajstić information content (AvgIpc) is 3.22. The molecular weight excluding hydrogens is 300 g/mol. The lowest BCUT2D eigenvalue weighted by molar-refractivity contribution is -0.384. The van der Waals surface area contributed by atoms with Crippen molar-refractivity contribution in [3.8, 4) is 0 Å². The molecule has 1 saturated heterocycles. The van der Waals surface area contributed by atoms with Gasteiger partial charge in [-0.1, -0.05) is 12.8 Å². The van der Waals surface area contributed by atoms with E-state index >= 15 is 0 Å². The van der Waals surface area contributed by atoms with Crippen molar-refractivity contribution in [3.05, 3.63) is 38.9 Å². The third-order valence-corrected chi connectivity index (χ3v) is 5.10. The summed E-state index contributed by atoms with van der Waals surface area (Å²) in [4.78, 5) is 22.6. The van der Waals surface area contributed by atoms with Crippen LogP contribution in [0.1, 0.15) is 38.5 Å². The summed E-state index contributed by atoms with van der Waals surface area (Å²) >= 11 is 0. The zero-order valence-electron chi connectivity index (χ0n) is 12.7. The van der Waals surface area contributed by atoms with Gasteiger partial charge < -0.3 is 9.15 Å². The van der Waals surface area contributed by atoms with Gasteiger partial charge in [-0.2, -0.15) is 0 Å². The average molecular weight is 318 g/mol. The molecule has 2 aliphatic rings. The zero-order chi connectivity index (χ0) is 16.0. The number of non-ortho nitro benzene ring substituents is 1. The molecule has 1 aromatic heterocycles. The highest BCUT2D eigenvalue weighted by atomic mass is 16.6. The molecule has 122 valence electrons. The van der Waals surface area contributed by atoms with Gasteiger partial charge in [-0.25, -0.2) is 4.79 Å². The maximum Gasteiger partial charge on any atom is 0.420 e. The molecule has 4 rings (SSSR count). The van der Waals surface area contributed by atoms with Crippen LogP contribution in [0.15, 0.2) is 27.4 Å². The van der Waals surface area contributed by atoms with Crippen molar-refractivity contribution in [2.24, 2.45) is 0 Å². The van der Waals surface area contributed by atoms with Gasteiger partial charge in [-0.05, 0) is 31.7 Å². The number of hydrogen-bond acceptors (Lipinski definition) is 5. The van der Waals surface area contributed by atoms with E-state index in [2.05, 4.69) is 0 Å². The Morgan fingerprint density at radius 1 is 1.30 bits per heavy atom. The Hall–Kier alpha value is -2.15. The van der Waals surface area contributed by atoms with E-state index in [1.54, 1.807) is 0 Å². The van der Waals surface area contributed by atoms with Crippen LogP contribution in [0.2, 0.25) is 0 Å². The van der Waals surface area contributed by atoms with Gasteiger partial charge in [-0.3, -0.25) is 14.7 Å². The van der Waals surface area contributed by atoms with Crippen LogP contribution in [-0.2, 0) is 11.3 Å². The van der Waals surface area contributed by atoms with E-state index in [9.17, 15) is 14.9 Å². The maximum absolute atomic E-state index is 12.1. The summed E-state index contributed by atoms with van der Waals surface area (Å²) in [6.07, 6.45) is 6.49. The number of nitro benzene ring substituents is 1. The standard InChI is InChI=1S/C16H18N2O5/c19-15-17(10-12-5-8-16(23-12)6-1-2-7-16)13-9-11(18(20)21)3-4-14(13)22-15/h3-4,9,12H,1-2,5-8,10H2/t12-/m0/s1. The van der Waals surface area contributed by atoms with Crippen LogP contribution in [-0.4, -0.2) is 21.2 Å². The summed E-state index contributed by atoms with van der Waals surface area (Å²) in [5, 5.41) is 10.9. The van der Waals surface area contributed by atoms with Crippen molar-refractivity contribution in [3.63, 3.8) is 0 Å². The molecule has 0 bridgehead atoms. The molecule has 1 spiro atoms. The first-order valence-corrected chi connectivity index (χ1v) is 8.02. The Morgan fingerprint density at radius 3 is 2.83 bits per heavy atom. The zero-order valence-corrected chi connectivity index (χ0v) is 12.7. The molecule has 2 aromatic rings. The number of rotatable bonds is 3. The van der Waals surface area contributed by atoms with Crippen LogP contribution < -0.4 is 5.76 Å². The van der Waals surface area contributed by atoms with Gasteiger partial charge >= 0.3 is 5.76 Å². The molecule has 0 unspecified atom stereocenters. The van der Waals surface area contributed by atoms with E-state index < -0.39 is 10.7 Å². The van der Waals surface area contributed by atoms with Crippen molar-refractivity contribution in [2.45, 2.75) is 56.8 Å². The van der Waals surface area contributed by atoms with Crippen molar-refractivity contribution < 1.29 is 14.1 Å². The topological polar surface area (TPSA) is 87.5 Å². The van der Waals surface area contributed by atoms with Gasteiger partial charge in [0.25, 0.3) is 5.69 Å². The van der Waals surface area contributed by atoms with Gasteiger partial charge in [0.1, 0.15) is 0 Å². The number of oxazole rings is 1. The summed E-state index contributed by atoms with van der Waals surface area (Å²) in [5.74, 6) is -0.489. The first-order chi connectivity index (χ1) is 11.1. The molecule has 2 fully saturated rings. The van der Waals surface area contributed by atoms with Crippen LogP contribution in [0.3, 0.4) is 0 Å². The SMILES string of the molecule is O=c1oc2ccc([N+](=O)[O-])cc2n1C[C@@H]1CCC2(CCCC2)O1. The fraction of sp³-hybridized carbons (Fsp3) is 0.562. The number of benzene rings is 1. The molecule has 1 aliphatic carbocycles. The molecule has 1 aromatic carbocycles. The second-order valence-corrected chi connectivity index (χ2v) is 6.56. The highest BCUT2D eigenvalue weighted by Crippen LogP contribution is 2.43. The lowest BCUT2D eigenvalue weighted by Gasteiger charge is -2.23. The van der Waals surface area contributed by atoms with E-state index in [4.69, 9.17) is 9.15 Å². The smallest absolute Gasteiger partial charge is 0.408 e. The summed E-state index contributed by atoms with van der Waals surface area (Å²) < 4.78 is 12.9. The van der Waals surface area contributed by atoms with E-state index in [0.717, 1.165) is 25.7 Å². The molecule has 7 heteroatoms. The largest absolute Gasteiger partial charge is 0.420 e. The van der Waals surface area contributed by atoms with Gasteiger partial charge in [0.15, 0.2) is 5.58 Å². The number of ether oxygens (including phenoxy) is 1. The predicted octanol–water partition coefficient (Wildman–Crippen LogP) is 2.99. The van der Waals surface area contributed by atoms with E-state index in [1.165, 1.54) is 35.6 Å². The monoisotopic (exact) mass is 318 g/mol. The van der Waals surface area contributed by atoms with Crippen molar-refractivity contribution in [1.29, 1.82) is 0 Å². The molecular formula is C16H18N2O5. The third-order valence-electron chi connectivity index (χ3n) is 5.10. The quantitative estimate of drug-likeness (QED) is 0.641. The normalized spacial score (nSPS) is 23.0.